The highest BCUT2D eigenvalue weighted by molar-refractivity contribution is 9.10. The molecule has 1 atom stereocenters. The number of hydrogen-bond acceptors (Lipinski definition) is 2. The van der Waals surface area contributed by atoms with Crippen molar-refractivity contribution in [3.8, 4) is 5.75 Å². The Kier molecular flexibility index (Phi) is 6.02. The van der Waals surface area contributed by atoms with Gasteiger partial charge in [-0.3, -0.25) is 4.99 Å². The zero-order valence-corrected chi connectivity index (χ0v) is 15.7. The van der Waals surface area contributed by atoms with E-state index in [1.165, 1.54) is 5.56 Å². The van der Waals surface area contributed by atoms with Crippen LogP contribution in [0, 0.1) is 0 Å². The zero-order chi connectivity index (χ0) is 17.5. The van der Waals surface area contributed by atoms with E-state index in [2.05, 4.69) is 52.1 Å². The highest BCUT2D eigenvalue weighted by Crippen LogP contribution is 2.20. The number of hydrogen-bond donors (Lipinski definition) is 0. The molecule has 0 fully saturated rings. The Labute approximate surface area is 157 Å². The van der Waals surface area contributed by atoms with Crippen LogP contribution < -0.4 is 4.74 Å². The summed E-state index contributed by atoms with van der Waals surface area (Å²) in [5, 5.41) is 0. The molecular formula is C22H20BrNO. The number of rotatable bonds is 6. The lowest BCUT2D eigenvalue weighted by atomic mass is 10.1. The van der Waals surface area contributed by atoms with E-state index in [9.17, 15) is 0 Å². The van der Waals surface area contributed by atoms with Crippen LogP contribution in [0.1, 0.15) is 29.7 Å². The number of aliphatic imine (C=N–C) groups is 1. The molecule has 0 N–H and O–H groups in total. The van der Waals surface area contributed by atoms with Gasteiger partial charge in [0.1, 0.15) is 12.4 Å². The summed E-state index contributed by atoms with van der Waals surface area (Å²) in [6.07, 6.45) is 1.91. The second-order valence-electron chi connectivity index (χ2n) is 5.85. The SMILES string of the molecule is CC(N=Cc1ccc(OCc2ccccc2)cc1)c1ccc(Br)cc1. The largest absolute Gasteiger partial charge is 0.489 e. The molecule has 3 rings (SSSR count). The van der Waals surface area contributed by atoms with Gasteiger partial charge in [0, 0.05) is 10.7 Å². The number of ether oxygens (including phenoxy) is 1. The normalized spacial score (nSPS) is 12.2. The Morgan fingerprint density at radius 1 is 0.920 bits per heavy atom. The number of benzene rings is 3. The molecule has 0 saturated heterocycles. The van der Waals surface area contributed by atoms with Crippen molar-refractivity contribution < 1.29 is 4.74 Å². The molecule has 0 aromatic heterocycles. The van der Waals surface area contributed by atoms with Gasteiger partial charge in [-0.05, 0) is 60.0 Å². The molecule has 3 heteroatoms. The van der Waals surface area contributed by atoms with Gasteiger partial charge in [-0.15, -0.1) is 0 Å². The lowest BCUT2D eigenvalue weighted by Gasteiger charge is -2.07. The summed E-state index contributed by atoms with van der Waals surface area (Å²) >= 11 is 3.45. The van der Waals surface area contributed by atoms with Crippen LogP contribution in [0.25, 0.3) is 0 Å². The zero-order valence-electron chi connectivity index (χ0n) is 14.1. The van der Waals surface area contributed by atoms with Crippen molar-refractivity contribution in [1.82, 2.24) is 0 Å². The lowest BCUT2D eigenvalue weighted by Crippen LogP contribution is -1.95. The second-order valence-corrected chi connectivity index (χ2v) is 6.76. The van der Waals surface area contributed by atoms with Gasteiger partial charge in [0.15, 0.2) is 0 Å². The van der Waals surface area contributed by atoms with Crippen molar-refractivity contribution in [2.75, 3.05) is 0 Å². The Bertz CT molecular complexity index is 811. The highest BCUT2D eigenvalue weighted by Gasteiger charge is 2.02. The van der Waals surface area contributed by atoms with Gasteiger partial charge in [0.05, 0.1) is 6.04 Å². The second kappa shape index (κ2) is 8.63. The summed E-state index contributed by atoms with van der Waals surface area (Å²) in [4.78, 5) is 4.64. The minimum Gasteiger partial charge on any atom is -0.489 e. The van der Waals surface area contributed by atoms with Gasteiger partial charge in [-0.25, -0.2) is 0 Å². The topological polar surface area (TPSA) is 21.6 Å². The predicted octanol–water partition coefficient (Wildman–Crippen LogP) is 6.21. The van der Waals surface area contributed by atoms with Gasteiger partial charge in [0.2, 0.25) is 0 Å². The van der Waals surface area contributed by atoms with Crippen molar-refractivity contribution in [2.45, 2.75) is 19.6 Å². The quantitative estimate of drug-likeness (QED) is 0.456. The molecule has 1 unspecified atom stereocenters. The van der Waals surface area contributed by atoms with E-state index in [0.29, 0.717) is 6.61 Å². The summed E-state index contributed by atoms with van der Waals surface area (Å²) in [5.74, 6) is 0.863. The summed E-state index contributed by atoms with van der Waals surface area (Å²) in [6.45, 7) is 2.67. The average molecular weight is 394 g/mol. The van der Waals surface area contributed by atoms with Gasteiger partial charge >= 0.3 is 0 Å². The van der Waals surface area contributed by atoms with Crippen molar-refractivity contribution in [3.05, 3.63) is 100 Å². The molecule has 3 aromatic rings. The van der Waals surface area contributed by atoms with E-state index >= 15 is 0 Å². The van der Waals surface area contributed by atoms with E-state index in [1.54, 1.807) is 0 Å². The molecule has 0 bridgehead atoms. The van der Waals surface area contributed by atoms with Crippen LogP contribution >= 0.6 is 15.9 Å². The summed E-state index contributed by atoms with van der Waals surface area (Å²) in [6, 6.07) is 26.6. The maximum Gasteiger partial charge on any atom is 0.119 e. The first-order valence-electron chi connectivity index (χ1n) is 8.26. The third-order valence-corrected chi connectivity index (χ3v) is 4.46. The maximum absolute atomic E-state index is 5.80. The van der Waals surface area contributed by atoms with Gasteiger partial charge in [-0.2, -0.15) is 0 Å². The van der Waals surface area contributed by atoms with Crippen LogP contribution in [0.15, 0.2) is 88.3 Å². The van der Waals surface area contributed by atoms with Crippen LogP contribution in [-0.2, 0) is 6.61 Å². The fraction of sp³-hybridized carbons (Fsp3) is 0.136. The molecule has 0 heterocycles. The fourth-order valence-electron chi connectivity index (χ4n) is 2.42. The third-order valence-electron chi connectivity index (χ3n) is 3.93. The molecular weight excluding hydrogens is 374 g/mol. The summed E-state index contributed by atoms with van der Waals surface area (Å²) < 4.78 is 6.89. The minimum atomic E-state index is 0.127. The Balaban J connectivity index is 1.57. The maximum atomic E-state index is 5.80. The van der Waals surface area contributed by atoms with Crippen LogP contribution in [0.2, 0.25) is 0 Å². The number of halogens is 1. The summed E-state index contributed by atoms with van der Waals surface area (Å²) in [7, 11) is 0. The highest BCUT2D eigenvalue weighted by atomic mass is 79.9. The van der Waals surface area contributed by atoms with Crippen LogP contribution in [-0.4, -0.2) is 6.21 Å². The lowest BCUT2D eigenvalue weighted by molar-refractivity contribution is 0.306. The van der Waals surface area contributed by atoms with Gasteiger partial charge in [-0.1, -0.05) is 58.4 Å². The Morgan fingerprint density at radius 3 is 2.28 bits per heavy atom. The summed E-state index contributed by atoms with van der Waals surface area (Å²) in [5.41, 5.74) is 3.43. The molecule has 0 radical (unpaired) electrons. The van der Waals surface area contributed by atoms with Crippen molar-refractivity contribution in [3.63, 3.8) is 0 Å². The molecule has 3 aromatic carbocycles. The van der Waals surface area contributed by atoms with Crippen molar-refractivity contribution in [2.24, 2.45) is 4.99 Å². The standard InChI is InChI=1S/C22H20BrNO/c1-17(20-9-11-21(23)12-10-20)24-15-18-7-13-22(14-8-18)25-16-19-5-3-2-4-6-19/h2-15,17H,16H2,1H3. The molecule has 0 saturated carbocycles. The molecule has 0 aliphatic rings. The molecule has 0 aliphatic carbocycles. The van der Waals surface area contributed by atoms with Crippen molar-refractivity contribution in [1.29, 1.82) is 0 Å². The van der Waals surface area contributed by atoms with Crippen LogP contribution in [0.3, 0.4) is 0 Å². The van der Waals surface area contributed by atoms with Gasteiger partial charge < -0.3 is 4.74 Å². The Hall–Kier alpha value is -2.39. The van der Waals surface area contributed by atoms with E-state index in [0.717, 1.165) is 21.3 Å². The predicted molar refractivity (Wildman–Crippen MR) is 107 cm³/mol. The molecule has 126 valence electrons. The first-order chi connectivity index (χ1) is 12.2. The minimum absolute atomic E-state index is 0.127. The third kappa shape index (κ3) is 5.30. The molecule has 0 amide bonds. The first kappa shape index (κ1) is 17.4. The van der Waals surface area contributed by atoms with Gasteiger partial charge in [0.25, 0.3) is 0 Å². The molecule has 0 aliphatic heterocycles. The first-order valence-corrected chi connectivity index (χ1v) is 9.05. The number of nitrogens with zero attached hydrogens (tertiary/aromatic N) is 1. The monoisotopic (exact) mass is 393 g/mol. The fourth-order valence-corrected chi connectivity index (χ4v) is 2.68. The van der Waals surface area contributed by atoms with E-state index in [4.69, 9.17) is 4.74 Å². The van der Waals surface area contributed by atoms with E-state index in [1.807, 2.05) is 60.8 Å². The van der Waals surface area contributed by atoms with Crippen molar-refractivity contribution >= 4 is 22.1 Å². The molecule has 0 spiro atoms. The molecule has 2 nitrogen and oxygen atoms in total. The molecule has 25 heavy (non-hydrogen) atoms. The van der Waals surface area contributed by atoms with Crippen LogP contribution in [0.5, 0.6) is 5.75 Å². The van der Waals surface area contributed by atoms with E-state index < -0.39 is 0 Å². The van der Waals surface area contributed by atoms with Crippen LogP contribution in [0.4, 0.5) is 0 Å². The van der Waals surface area contributed by atoms with E-state index in [-0.39, 0.29) is 6.04 Å². The smallest absolute Gasteiger partial charge is 0.119 e. The average Bonchev–Trinajstić information content (AvgIpc) is 2.67. The Morgan fingerprint density at radius 2 is 1.60 bits per heavy atom.